The molecule has 46 heavy (non-hydrogen) atoms. The molecule has 6 heteroatoms. The number of hydrogen-bond acceptors (Lipinski definition) is 5. The van der Waals surface area contributed by atoms with Gasteiger partial charge in [-0.1, -0.05) is 218 Å². The molecule has 0 aromatic rings. The molecule has 0 aliphatic carbocycles. The van der Waals surface area contributed by atoms with Crippen molar-refractivity contribution in [3.63, 3.8) is 0 Å². The van der Waals surface area contributed by atoms with E-state index in [1.54, 1.807) is 0 Å². The van der Waals surface area contributed by atoms with Crippen LogP contribution in [-0.4, -0.2) is 31.1 Å². The maximum atomic E-state index is 13.5. The van der Waals surface area contributed by atoms with Gasteiger partial charge in [-0.15, -0.1) is 0 Å². The second kappa shape index (κ2) is 37.8. The highest BCUT2D eigenvalue weighted by Crippen LogP contribution is 2.59. The highest BCUT2D eigenvalue weighted by atomic mass is 32.7. The molecule has 0 bridgehead atoms. The van der Waals surface area contributed by atoms with Crippen molar-refractivity contribution in [1.82, 2.24) is 0 Å². The first kappa shape index (κ1) is 46.0. The molecule has 0 aromatic heterocycles. The Morgan fingerprint density at radius 3 is 1.09 bits per heavy atom. The van der Waals surface area contributed by atoms with Crippen molar-refractivity contribution in [2.75, 3.05) is 25.1 Å². The number of hydrogen-bond donors (Lipinski definition) is 0. The van der Waals surface area contributed by atoms with E-state index in [0.29, 0.717) is 12.8 Å². The minimum absolute atomic E-state index is 0.192. The molecule has 276 valence electrons. The zero-order valence-electron chi connectivity index (χ0n) is 31.4. The van der Waals surface area contributed by atoms with Crippen LogP contribution in [0.4, 0.5) is 0 Å². The van der Waals surface area contributed by atoms with Crippen molar-refractivity contribution in [2.24, 2.45) is 0 Å². The lowest BCUT2D eigenvalue weighted by molar-refractivity contribution is -0.140. The molecule has 0 aromatic carbocycles. The second-order valence-electron chi connectivity index (χ2n) is 13.9. The first-order valence-corrected chi connectivity index (χ1v) is 24.0. The van der Waals surface area contributed by atoms with E-state index >= 15 is 0 Å². The lowest BCUT2D eigenvalue weighted by atomic mass is 10.0. The van der Waals surface area contributed by atoms with Gasteiger partial charge in [-0.05, 0) is 12.8 Å². The molecule has 0 heterocycles. The van der Waals surface area contributed by atoms with E-state index in [-0.39, 0.29) is 12.6 Å². The highest BCUT2D eigenvalue weighted by molar-refractivity contribution is 8.56. The highest BCUT2D eigenvalue weighted by Gasteiger charge is 2.24. The van der Waals surface area contributed by atoms with E-state index < -0.39 is 6.57 Å². The quantitative estimate of drug-likeness (QED) is 0.0365. The van der Waals surface area contributed by atoms with Crippen LogP contribution in [0.5, 0.6) is 0 Å². The third kappa shape index (κ3) is 36.8. The van der Waals surface area contributed by atoms with Crippen LogP contribution in [-0.2, 0) is 18.6 Å². The molecule has 0 rings (SSSR count). The van der Waals surface area contributed by atoms with Gasteiger partial charge in [0.25, 0.3) is 6.57 Å². The van der Waals surface area contributed by atoms with E-state index in [0.717, 1.165) is 25.0 Å². The number of unbranched alkanes of at least 4 members (excludes halogenated alkanes) is 30. The molecular formula is C40H81O4PS. The lowest BCUT2D eigenvalue weighted by Crippen LogP contribution is -2.06. The Morgan fingerprint density at radius 1 is 0.457 bits per heavy atom. The molecular weight excluding hydrogens is 607 g/mol. The van der Waals surface area contributed by atoms with E-state index in [2.05, 4.69) is 13.8 Å². The van der Waals surface area contributed by atoms with Gasteiger partial charge in [0, 0.05) is 12.7 Å². The topological polar surface area (TPSA) is 52.6 Å². The zero-order chi connectivity index (χ0) is 33.7. The Balaban J connectivity index is 3.74. The van der Waals surface area contributed by atoms with Crippen molar-refractivity contribution in [3.05, 3.63) is 0 Å². The van der Waals surface area contributed by atoms with Crippen LogP contribution in [0.25, 0.3) is 0 Å². The molecule has 0 amide bonds. The minimum Gasteiger partial charge on any atom is -0.465 e. The van der Waals surface area contributed by atoms with Gasteiger partial charge in [-0.25, -0.2) is 0 Å². The van der Waals surface area contributed by atoms with Crippen molar-refractivity contribution in [1.29, 1.82) is 0 Å². The fourth-order valence-electron chi connectivity index (χ4n) is 6.18. The fourth-order valence-corrected chi connectivity index (χ4v) is 10.1. The first-order valence-electron chi connectivity index (χ1n) is 20.6. The number of esters is 1. The van der Waals surface area contributed by atoms with Crippen LogP contribution in [0, 0.1) is 0 Å². The van der Waals surface area contributed by atoms with E-state index in [9.17, 15) is 9.36 Å². The molecule has 1 atom stereocenters. The lowest BCUT2D eigenvalue weighted by Gasteiger charge is -2.18. The van der Waals surface area contributed by atoms with Crippen LogP contribution in [0.3, 0.4) is 0 Å². The Bertz CT molecular complexity index is 617. The summed E-state index contributed by atoms with van der Waals surface area (Å²) in [7, 11) is 0. The van der Waals surface area contributed by atoms with Crippen LogP contribution in [0.15, 0.2) is 0 Å². The van der Waals surface area contributed by atoms with Gasteiger partial charge in [0.2, 0.25) is 0 Å². The molecule has 0 N–H and O–H groups in total. The third-order valence-corrected chi connectivity index (χ3v) is 14.0. The SMILES string of the molecule is CCCCCCCCCCCCCCCCCCOP(=O)(CCOC(C)=O)SCCCCCCCCCCCCCCCCCC. The molecule has 1 unspecified atom stereocenters. The van der Waals surface area contributed by atoms with Crippen molar-refractivity contribution in [3.8, 4) is 0 Å². The molecule has 0 aliphatic heterocycles. The van der Waals surface area contributed by atoms with Crippen molar-refractivity contribution in [2.45, 2.75) is 226 Å². The molecule has 4 nitrogen and oxygen atoms in total. The van der Waals surface area contributed by atoms with Crippen LogP contribution in [0.1, 0.15) is 226 Å². The third-order valence-electron chi connectivity index (χ3n) is 9.24. The first-order chi connectivity index (χ1) is 22.5. The molecule has 0 aliphatic rings. The second-order valence-corrected chi connectivity index (χ2v) is 19.0. The number of carbonyl (C=O) groups excluding carboxylic acids is 1. The number of carbonyl (C=O) groups is 1. The van der Waals surface area contributed by atoms with Crippen LogP contribution < -0.4 is 0 Å². The standard InChI is InChI=1S/C40H81O4PS/c1-4-6-8-10-12-14-16-18-20-22-24-26-28-30-32-34-36-44-45(42,38-37-43-40(3)41)46-39-35-33-31-29-27-25-23-21-19-17-15-13-11-9-7-5-2/h4-39H2,1-3H3. The average Bonchev–Trinajstić information content (AvgIpc) is 3.04. The summed E-state index contributed by atoms with van der Waals surface area (Å²) in [6.45, 7) is 3.91. The Kier molecular flexibility index (Phi) is 37.8. The number of ether oxygens (including phenoxy) is 1. The van der Waals surface area contributed by atoms with Crippen LogP contribution in [0.2, 0.25) is 0 Å². The van der Waals surface area contributed by atoms with Gasteiger partial charge in [0.1, 0.15) is 6.61 Å². The van der Waals surface area contributed by atoms with Gasteiger partial charge in [-0.3, -0.25) is 9.36 Å². The van der Waals surface area contributed by atoms with Crippen molar-refractivity contribution >= 4 is 23.9 Å². The summed E-state index contributed by atoms with van der Waals surface area (Å²) in [5, 5.41) is 0. The summed E-state index contributed by atoms with van der Waals surface area (Å²) in [6.07, 6.45) is 43.6. The fraction of sp³-hybridized carbons (Fsp3) is 0.975. The van der Waals surface area contributed by atoms with Gasteiger partial charge in [0.15, 0.2) is 0 Å². The summed E-state index contributed by atoms with van der Waals surface area (Å²) in [6, 6.07) is 0. The number of rotatable bonds is 39. The summed E-state index contributed by atoms with van der Waals surface area (Å²) in [4.78, 5) is 11.2. The molecule has 0 fully saturated rings. The largest absolute Gasteiger partial charge is 0.465 e. The summed E-state index contributed by atoms with van der Waals surface area (Å²) in [5.74, 6) is 0.557. The van der Waals surface area contributed by atoms with E-state index in [4.69, 9.17) is 9.26 Å². The van der Waals surface area contributed by atoms with Gasteiger partial charge < -0.3 is 9.26 Å². The van der Waals surface area contributed by atoms with E-state index in [1.807, 2.05) is 0 Å². The van der Waals surface area contributed by atoms with Crippen molar-refractivity contribution < 1.29 is 18.6 Å². The monoisotopic (exact) mass is 689 g/mol. The maximum absolute atomic E-state index is 13.5. The summed E-state index contributed by atoms with van der Waals surface area (Å²) < 4.78 is 24.6. The molecule has 0 spiro atoms. The van der Waals surface area contributed by atoms with Gasteiger partial charge >= 0.3 is 5.97 Å². The smallest absolute Gasteiger partial charge is 0.302 e. The predicted octanol–water partition coefficient (Wildman–Crippen LogP) is 15.0. The average molecular weight is 689 g/mol. The summed E-state index contributed by atoms with van der Waals surface area (Å²) in [5.41, 5.74) is 0. The summed E-state index contributed by atoms with van der Waals surface area (Å²) >= 11 is 1.49. The van der Waals surface area contributed by atoms with E-state index in [1.165, 1.54) is 205 Å². The Hall–Kier alpha value is 0.01000. The zero-order valence-corrected chi connectivity index (χ0v) is 33.2. The normalized spacial score (nSPS) is 12.8. The van der Waals surface area contributed by atoms with Crippen LogP contribution >= 0.6 is 18.0 Å². The molecule has 0 radical (unpaired) electrons. The Labute approximate surface area is 293 Å². The molecule has 0 saturated carbocycles. The van der Waals surface area contributed by atoms with Gasteiger partial charge in [-0.2, -0.15) is 0 Å². The minimum atomic E-state index is -2.82. The predicted molar refractivity (Wildman–Crippen MR) is 207 cm³/mol. The molecule has 0 saturated heterocycles. The maximum Gasteiger partial charge on any atom is 0.302 e. The van der Waals surface area contributed by atoms with Gasteiger partial charge in [0.05, 0.1) is 12.8 Å². The Morgan fingerprint density at radius 2 is 0.761 bits per heavy atom.